The van der Waals surface area contributed by atoms with Crippen LogP contribution >= 0.6 is 0 Å². The molecule has 3 aliphatic heterocycles. The van der Waals surface area contributed by atoms with Gasteiger partial charge in [0.25, 0.3) is 0 Å². The highest BCUT2D eigenvalue weighted by atomic mass is 16.7. The van der Waals surface area contributed by atoms with E-state index in [0.717, 1.165) is 52.0 Å². The van der Waals surface area contributed by atoms with Gasteiger partial charge in [0, 0.05) is 45.6 Å². The number of aliphatic hydroxyl groups is 1. The summed E-state index contributed by atoms with van der Waals surface area (Å²) < 4.78 is 31.7. The molecular weight excluding hydrogens is 697 g/mol. The van der Waals surface area contributed by atoms with Gasteiger partial charge >= 0.3 is 12.1 Å². The van der Waals surface area contributed by atoms with Gasteiger partial charge in [-0.2, -0.15) is 0 Å². The zero-order valence-electron chi connectivity index (χ0n) is 36.1. The van der Waals surface area contributed by atoms with E-state index in [1.54, 1.807) is 13.8 Å². The Morgan fingerprint density at radius 1 is 0.927 bits per heavy atom. The van der Waals surface area contributed by atoms with Gasteiger partial charge in [-0.15, -0.1) is 0 Å². The van der Waals surface area contributed by atoms with Gasteiger partial charge in [0.15, 0.2) is 12.4 Å². The van der Waals surface area contributed by atoms with E-state index in [-0.39, 0.29) is 52.9 Å². The molecule has 1 N–H and O–H groups in total. The molecule has 312 valence electrons. The fourth-order valence-corrected chi connectivity index (χ4v) is 15.2. The summed E-state index contributed by atoms with van der Waals surface area (Å²) >= 11 is 0. The first-order valence-corrected chi connectivity index (χ1v) is 22.1. The number of esters is 1. The number of carbonyl (C=O) groups excluding carboxylic acids is 2. The number of carbonyl (C=O) groups is 2. The van der Waals surface area contributed by atoms with Crippen LogP contribution in [-0.2, 0) is 28.5 Å². The van der Waals surface area contributed by atoms with Gasteiger partial charge in [-0.25, -0.2) is 4.79 Å². The van der Waals surface area contributed by atoms with Crippen LogP contribution in [0.3, 0.4) is 0 Å². The van der Waals surface area contributed by atoms with Crippen molar-refractivity contribution < 1.29 is 38.4 Å². The molecule has 8 aliphatic rings. The molecular formula is C45H74N2O8. The van der Waals surface area contributed by atoms with E-state index in [0.29, 0.717) is 47.0 Å². The van der Waals surface area contributed by atoms with Crippen LogP contribution in [0.5, 0.6) is 0 Å². The highest BCUT2D eigenvalue weighted by Gasteiger charge is 2.83. The number of likely N-dealkylation sites (tertiary alicyclic amines) is 1. The lowest BCUT2D eigenvalue weighted by Gasteiger charge is -2.63. The summed E-state index contributed by atoms with van der Waals surface area (Å²) in [6, 6.07) is 0. The molecule has 13 atom stereocenters. The first-order valence-electron chi connectivity index (χ1n) is 22.1. The van der Waals surface area contributed by atoms with Gasteiger partial charge in [-0.05, 0) is 143 Å². The summed E-state index contributed by atoms with van der Waals surface area (Å²) in [6.07, 6.45) is 9.63. The van der Waals surface area contributed by atoms with Crippen LogP contribution in [0.25, 0.3) is 0 Å². The van der Waals surface area contributed by atoms with Crippen molar-refractivity contribution in [3.05, 3.63) is 0 Å². The van der Waals surface area contributed by atoms with Crippen LogP contribution in [0.15, 0.2) is 0 Å². The Bertz CT molecular complexity index is 1500. The summed E-state index contributed by atoms with van der Waals surface area (Å²) in [6.45, 7) is 28.2. The standard InChI is InChI=1S/C45H74N2O8/c1-27-20-30(37(41(8,9)50)52-28(2)48)53-31-21-43(11)33-13-12-32-40(6,7)34(14-15-44(32)26-45(33,44)17-16-42(43,10)36(27)31)54-35-25-46(18-19-51-35)22-29-23-47(24-29)38(49)55-39(3,4)5/h27,29-37,50H,12-26H2,1-11H3. The van der Waals surface area contributed by atoms with Crippen molar-refractivity contribution in [1.29, 1.82) is 0 Å². The summed E-state index contributed by atoms with van der Waals surface area (Å²) in [5, 5.41) is 11.1. The number of ether oxygens (including phenoxy) is 5. The Morgan fingerprint density at radius 3 is 2.29 bits per heavy atom. The summed E-state index contributed by atoms with van der Waals surface area (Å²) in [5.41, 5.74) is -0.378. The number of morpholine rings is 1. The average molecular weight is 771 g/mol. The van der Waals surface area contributed by atoms with Gasteiger partial charge in [0.2, 0.25) is 0 Å². The Labute approximate surface area is 331 Å². The third kappa shape index (κ3) is 6.42. The molecule has 10 heteroatoms. The Morgan fingerprint density at radius 2 is 1.62 bits per heavy atom. The van der Waals surface area contributed by atoms with Crippen molar-refractivity contribution in [3.8, 4) is 0 Å². The molecule has 2 spiro atoms. The molecule has 55 heavy (non-hydrogen) atoms. The van der Waals surface area contributed by atoms with E-state index in [1.807, 2.05) is 25.7 Å². The maximum Gasteiger partial charge on any atom is 0.410 e. The van der Waals surface area contributed by atoms with Crippen molar-refractivity contribution in [2.24, 2.45) is 56.7 Å². The van der Waals surface area contributed by atoms with E-state index in [2.05, 4.69) is 39.5 Å². The molecule has 8 fully saturated rings. The molecule has 0 radical (unpaired) electrons. The molecule has 3 saturated heterocycles. The van der Waals surface area contributed by atoms with Crippen molar-refractivity contribution in [1.82, 2.24) is 9.80 Å². The molecule has 5 saturated carbocycles. The second-order valence-electron chi connectivity index (χ2n) is 22.6. The van der Waals surface area contributed by atoms with E-state index in [4.69, 9.17) is 23.7 Å². The summed E-state index contributed by atoms with van der Waals surface area (Å²) in [4.78, 5) is 28.9. The first-order chi connectivity index (χ1) is 25.5. The van der Waals surface area contributed by atoms with Crippen LogP contribution in [-0.4, -0.2) is 108 Å². The largest absolute Gasteiger partial charge is 0.457 e. The Hall–Kier alpha value is -1.46. The normalized spacial score (nSPS) is 45.9. The van der Waals surface area contributed by atoms with Crippen LogP contribution in [0.4, 0.5) is 4.79 Å². The molecule has 10 nitrogen and oxygen atoms in total. The van der Waals surface area contributed by atoms with Crippen LogP contribution < -0.4 is 0 Å². The monoisotopic (exact) mass is 771 g/mol. The minimum atomic E-state index is -1.17. The number of hydrogen-bond acceptors (Lipinski definition) is 9. The summed E-state index contributed by atoms with van der Waals surface area (Å²) in [7, 11) is 0. The molecule has 13 unspecified atom stereocenters. The summed E-state index contributed by atoms with van der Waals surface area (Å²) in [5.74, 6) is 2.34. The molecule has 3 heterocycles. The molecule has 5 aliphatic carbocycles. The predicted molar refractivity (Wildman–Crippen MR) is 209 cm³/mol. The van der Waals surface area contributed by atoms with E-state index in [1.165, 1.54) is 45.4 Å². The molecule has 1 amide bonds. The fourth-order valence-electron chi connectivity index (χ4n) is 15.2. The predicted octanol–water partition coefficient (Wildman–Crippen LogP) is 7.44. The highest BCUT2D eigenvalue weighted by Crippen LogP contribution is 2.89. The van der Waals surface area contributed by atoms with Gasteiger partial charge in [-0.1, -0.05) is 34.6 Å². The lowest BCUT2D eigenvalue weighted by molar-refractivity contribution is -0.248. The van der Waals surface area contributed by atoms with E-state index < -0.39 is 17.3 Å². The number of rotatable bonds is 7. The zero-order chi connectivity index (χ0) is 39.7. The minimum absolute atomic E-state index is 0.0687. The van der Waals surface area contributed by atoms with Gasteiger partial charge in [0.1, 0.15) is 5.60 Å². The fraction of sp³-hybridized carbons (Fsp3) is 0.956. The third-order valence-electron chi connectivity index (χ3n) is 17.5. The topological polar surface area (TPSA) is 107 Å². The molecule has 0 aromatic carbocycles. The van der Waals surface area contributed by atoms with Gasteiger partial charge in [-0.3, -0.25) is 9.69 Å². The second kappa shape index (κ2) is 13.3. The van der Waals surface area contributed by atoms with Crippen LogP contribution in [0, 0.1) is 56.7 Å². The number of hydrogen-bond donors (Lipinski definition) is 1. The van der Waals surface area contributed by atoms with Crippen molar-refractivity contribution in [2.75, 3.05) is 39.3 Å². The van der Waals surface area contributed by atoms with E-state index >= 15 is 0 Å². The number of amides is 1. The lowest BCUT2D eigenvalue weighted by Crippen LogP contribution is -2.59. The second-order valence-corrected chi connectivity index (χ2v) is 22.6. The SMILES string of the molecule is CC(=O)OC(C1CC(C)C2C(CC3(C)C4CCC5C(C)(C)C(OC6CN(CC7CN(C(=O)OC(C)(C)C)C7)CCO6)CCC56CC46CCC23C)O1)C(C)(C)O. The van der Waals surface area contributed by atoms with Gasteiger partial charge < -0.3 is 33.7 Å². The van der Waals surface area contributed by atoms with Crippen LogP contribution in [0.1, 0.15) is 134 Å². The minimum Gasteiger partial charge on any atom is -0.457 e. The third-order valence-corrected chi connectivity index (χ3v) is 17.5. The first kappa shape index (κ1) is 40.3. The van der Waals surface area contributed by atoms with Crippen LogP contribution in [0.2, 0.25) is 0 Å². The zero-order valence-corrected chi connectivity index (χ0v) is 36.1. The van der Waals surface area contributed by atoms with Crippen molar-refractivity contribution >= 4 is 12.1 Å². The highest BCUT2D eigenvalue weighted by molar-refractivity contribution is 5.69. The van der Waals surface area contributed by atoms with Crippen molar-refractivity contribution in [2.45, 2.75) is 176 Å². The van der Waals surface area contributed by atoms with Gasteiger partial charge in [0.05, 0.1) is 30.5 Å². The number of nitrogens with zero attached hydrogens (tertiary/aromatic N) is 2. The molecule has 0 aromatic heterocycles. The maximum atomic E-state index is 12.5. The number of fused-ring (bicyclic) bond motifs is 4. The smallest absolute Gasteiger partial charge is 0.410 e. The Kier molecular flexibility index (Phi) is 9.73. The molecule has 0 aromatic rings. The maximum absolute atomic E-state index is 12.5. The lowest BCUT2D eigenvalue weighted by atomic mass is 9.41. The quantitative estimate of drug-likeness (QED) is 0.265. The molecule has 0 bridgehead atoms. The van der Waals surface area contributed by atoms with Crippen molar-refractivity contribution in [3.63, 3.8) is 0 Å². The molecule has 8 rings (SSSR count). The Balaban J connectivity index is 0.915. The average Bonchev–Trinajstić information content (AvgIpc) is 3.64. The van der Waals surface area contributed by atoms with E-state index in [9.17, 15) is 14.7 Å².